The van der Waals surface area contributed by atoms with Crippen LogP contribution in [0.1, 0.15) is 20.3 Å². The van der Waals surface area contributed by atoms with E-state index in [2.05, 4.69) is 41.1 Å². The SMILES string of the molecule is CCCNCC(C)CN1CCN(c2cccc(Cl)c2)CC1. The molecule has 1 fully saturated rings. The van der Waals surface area contributed by atoms with Gasteiger partial charge in [-0.05, 0) is 43.6 Å². The van der Waals surface area contributed by atoms with E-state index in [9.17, 15) is 0 Å². The smallest absolute Gasteiger partial charge is 0.0426 e. The van der Waals surface area contributed by atoms with Crippen LogP contribution in [0.4, 0.5) is 5.69 Å². The van der Waals surface area contributed by atoms with Gasteiger partial charge in [-0.15, -0.1) is 0 Å². The molecule has 0 spiro atoms. The Kier molecular flexibility index (Phi) is 6.81. The fraction of sp³-hybridized carbons (Fsp3) is 0.647. The zero-order valence-electron chi connectivity index (χ0n) is 13.3. The summed E-state index contributed by atoms with van der Waals surface area (Å²) in [6.07, 6.45) is 1.21. The zero-order valence-corrected chi connectivity index (χ0v) is 14.1. The van der Waals surface area contributed by atoms with Gasteiger partial charge in [-0.2, -0.15) is 0 Å². The molecule has 118 valence electrons. The van der Waals surface area contributed by atoms with E-state index in [1.165, 1.54) is 18.7 Å². The number of anilines is 1. The lowest BCUT2D eigenvalue weighted by Gasteiger charge is -2.37. The zero-order chi connectivity index (χ0) is 15.1. The standard InChI is InChI=1S/C17H28ClN3/c1-3-7-19-13-15(2)14-20-8-10-21(11-9-20)17-6-4-5-16(18)12-17/h4-6,12,15,19H,3,7-11,13-14H2,1-2H3. The second kappa shape index (κ2) is 8.62. The van der Waals surface area contributed by atoms with E-state index in [1.54, 1.807) is 0 Å². The van der Waals surface area contributed by atoms with Gasteiger partial charge in [0.1, 0.15) is 0 Å². The van der Waals surface area contributed by atoms with Crippen molar-refractivity contribution in [2.24, 2.45) is 5.92 Å². The normalized spacial score (nSPS) is 18.0. The molecule has 0 amide bonds. The van der Waals surface area contributed by atoms with Crippen LogP contribution in [0.3, 0.4) is 0 Å². The van der Waals surface area contributed by atoms with Gasteiger partial charge in [0, 0.05) is 43.4 Å². The topological polar surface area (TPSA) is 18.5 Å². The highest BCUT2D eigenvalue weighted by Gasteiger charge is 2.18. The Morgan fingerprint density at radius 1 is 1.24 bits per heavy atom. The number of halogens is 1. The van der Waals surface area contributed by atoms with Gasteiger partial charge in [0.05, 0.1) is 0 Å². The third-order valence-electron chi connectivity index (χ3n) is 4.04. The predicted octanol–water partition coefficient (Wildman–Crippen LogP) is 3.10. The van der Waals surface area contributed by atoms with Crippen molar-refractivity contribution in [1.82, 2.24) is 10.2 Å². The molecule has 1 saturated heterocycles. The van der Waals surface area contributed by atoms with Crippen molar-refractivity contribution in [1.29, 1.82) is 0 Å². The lowest BCUT2D eigenvalue weighted by atomic mass is 10.1. The minimum Gasteiger partial charge on any atom is -0.369 e. The van der Waals surface area contributed by atoms with E-state index in [4.69, 9.17) is 11.6 Å². The van der Waals surface area contributed by atoms with Crippen molar-refractivity contribution in [3.05, 3.63) is 29.3 Å². The fourth-order valence-corrected chi connectivity index (χ4v) is 3.08. The van der Waals surface area contributed by atoms with Crippen LogP contribution in [-0.2, 0) is 0 Å². The molecule has 0 aliphatic carbocycles. The van der Waals surface area contributed by atoms with Gasteiger partial charge in [-0.3, -0.25) is 4.90 Å². The highest BCUT2D eigenvalue weighted by molar-refractivity contribution is 6.30. The second-order valence-electron chi connectivity index (χ2n) is 6.08. The lowest BCUT2D eigenvalue weighted by molar-refractivity contribution is 0.222. The average molecular weight is 310 g/mol. The molecule has 1 aromatic rings. The van der Waals surface area contributed by atoms with Gasteiger partial charge in [-0.25, -0.2) is 0 Å². The minimum atomic E-state index is 0.717. The monoisotopic (exact) mass is 309 g/mol. The maximum absolute atomic E-state index is 6.08. The molecule has 1 aliphatic rings. The Bertz CT molecular complexity index is 416. The van der Waals surface area contributed by atoms with E-state index >= 15 is 0 Å². The van der Waals surface area contributed by atoms with Crippen molar-refractivity contribution < 1.29 is 0 Å². The summed E-state index contributed by atoms with van der Waals surface area (Å²) in [5.41, 5.74) is 1.25. The maximum Gasteiger partial charge on any atom is 0.0426 e. The van der Waals surface area contributed by atoms with Crippen molar-refractivity contribution in [2.45, 2.75) is 20.3 Å². The molecule has 1 aliphatic heterocycles. The first-order valence-electron chi connectivity index (χ1n) is 8.12. The van der Waals surface area contributed by atoms with Crippen LogP contribution in [0.5, 0.6) is 0 Å². The Morgan fingerprint density at radius 2 is 2.00 bits per heavy atom. The molecule has 1 atom stereocenters. The molecule has 2 rings (SSSR count). The number of nitrogens with one attached hydrogen (secondary N) is 1. The van der Waals surface area contributed by atoms with Crippen molar-refractivity contribution >= 4 is 17.3 Å². The van der Waals surface area contributed by atoms with E-state index < -0.39 is 0 Å². The molecule has 1 aromatic carbocycles. The van der Waals surface area contributed by atoms with Crippen LogP contribution in [0, 0.1) is 5.92 Å². The highest BCUT2D eigenvalue weighted by Crippen LogP contribution is 2.20. The van der Waals surface area contributed by atoms with Crippen molar-refractivity contribution in [3.63, 3.8) is 0 Å². The van der Waals surface area contributed by atoms with Gasteiger partial charge in [0.25, 0.3) is 0 Å². The summed E-state index contributed by atoms with van der Waals surface area (Å²) in [7, 11) is 0. The summed E-state index contributed by atoms with van der Waals surface area (Å²) in [6.45, 7) is 12.5. The first-order chi connectivity index (χ1) is 10.2. The molecule has 0 radical (unpaired) electrons. The average Bonchev–Trinajstić information content (AvgIpc) is 2.48. The Balaban J connectivity index is 1.73. The lowest BCUT2D eigenvalue weighted by Crippen LogP contribution is -2.48. The number of piperazine rings is 1. The fourth-order valence-electron chi connectivity index (χ4n) is 2.89. The van der Waals surface area contributed by atoms with Gasteiger partial charge in [-0.1, -0.05) is 31.5 Å². The van der Waals surface area contributed by atoms with Crippen LogP contribution in [0.15, 0.2) is 24.3 Å². The second-order valence-corrected chi connectivity index (χ2v) is 6.51. The number of hydrogen-bond acceptors (Lipinski definition) is 3. The van der Waals surface area contributed by atoms with Crippen LogP contribution in [0.2, 0.25) is 5.02 Å². The molecular formula is C17H28ClN3. The molecular weight excluding hydrogens is 282 g/mol. The van der Waals surface area contributed by atoms with E-state index in [-0.39, 0.29) is 0 Å². The van der Waals surface area contributed by atoms with Gasteiger partial charge in [0.15, 0.2) is 0 Å². The summed E-state index contributed by atoms with van der Waals surface area (Å²) >= 11 is 6.08. The first kappa shape index (κ1) is 16.6. The summed E-state index contributed by atoms with van der Waals surface area (Å²) in [4.78, 5) is 5.02. The third-order valence-corrected chi connectivity index (χ3v) is 4.27. The molecule has 0 bridgehead atoms. The van der Waals surface area contributed by atoms with Crippen LogP contribution < -0.4 is 10.2 Å². The van der Waals surface area contributed by atoms with Crippen molar-refractivity contribution in [2.75, 3.05) is 50.7 Å². The van der Waals surface area contributed by atoms with Crippen LogP contribution >= 0.6 is 11.6 Å². The summed E-state index contributed by atoms with van der Waals surface area (Å²) < 4.78 is 0. The molecule has 4 heteroatoms. The largest absolute Gasteiger partial charge is 0.369 e. The molecule has 1 N–H and O–H groups in total. The van der Waals surface area contributed by atoms with Crippen LogP contribution in [0.25, 0.3) is 0 Å². The molecule has 0 saturated carbocycles. The molecule has 3 nitrogen and oxygen atoms in total. The minimum absolute atomic E-state index is 0.717. The Morgan fingerprint density at radius 3 is 2.67 bits per heavy atom. The van der Waals surface area contributed by atoms with Crippen LogP contribution in [-0.4, -0.2) is 50.7 Å². The quantitative estimate of drug-likeness (QED) is 0.781. The van der Waals surface area contributed by atoms with E-state index in [1.807, 2.05) is 12.1 Å². The summed E-state index contributed by atoms with van der Waals surface area (Å²) in [5.74, 6) is 0.717. The van der Waals surface area contributed by atoms with Gasteiger partial charge >= 0.3 is 0 Å². The summed E-state index contributed by atoms with van der Waals surface area (Å²) in [5, 5.41) is 4.34. The number of nitrogens with zero attached hydrogens (tertiary/aromatic N) is 2. The molecule has 1 heterocycles. The number of benzene rings is 1. The highest BCUT2D eigenvalue weighted by atomic mass is 35.5. The maximum atomic E-state index is 6.08. The number of hydrogen-bond donors (Lipinski definition) is 1. The third kappa shape index (κ3) is 5.50. The Labute approximate surface area is 134 Å². The Hall–Kier alpha value is -0.770. The first-order valence-corrected chi connectivity index (χ1v) is 8.50. The molecule has 0 aromatic heterocycles. The van der Waals surface area contributed by atoms with E-state index in [0.717, 1.165) is 44.3 Å². The van der Waals surface area contributed by atoms with Gasteiger partial charge in [0.2, 0.25) is 0 Å². The van der Waals surface area contributed by atoms with E-state index in [0.29, 0.717) is 5.92 Å². The number of rotatable bonds is 7. The van der Waals surface area contributed by atoms with Crippen molar-refractivity contribution in [3.8, 4) is 0 Å². The summed E-state index contributed by atoms with van der Waals surface area (Å²) in [6, 6.07) is 8.19. The predicted molar refractivity (Wildman–Crippen MR) is 92.4 cm³/mol. The molecule has 1 unspecified atom stereocenters. The van der Waals surface area contributed by atoms with Gasteiger partial charge < -0.3 is 10.2 Å². The molecule has 21 heavy (non-hydrogen) atoms.